The first-order chi connectivity index (χ1) is 12.0. The molecule has 2 aromatic carbocycles. The monoisotopic (exact) mass is 388 g/mol. The standard InChI is InChI=1S/C17H15F3O5S/c1-12(21)5-6-13-7-9-14(10-8-13)25-26(22,23)16-4-2-3-15(11-16)24-17(18,19)20/h2-4,7-11H,5-6H2,1H3. The fraction of sp³-hybridized carbons (Fsp3) is 0.235. The molecule has 0 bridgehead atoms. The van der Waals surface area contributed by atoms with Crippen molar-refractivity contribution in [2.75, 3.05) is 0 Å². The molecule has 0 aliphatic carbocycles. The number of Topliss-reactive ketones (excluding diaryl/α,β-unsaturated/α-hetero) is 1. The number of halogens is 3. The summed E-state index contributed by atoms with van der Waals surface area (Å²) in [5.41, 5.74) is 0.825. The number of benzene rings is 2. The van der Waals surface area contributed by atoms with E-state index in [2.05, 4.69) is 4.74 Å². The largest absolute Gasteiger partial charge is 0.573 e. The minimum atomic E-state index is -4.93. The van der Waals surface area contributed by atoms with Crippen molar-refractivity contribution in [2.24, 2.45) is 0 Å². The number of rotatable bonds is 7. The lowest BCUT2D eigenvalue weighted by molar-refractivity contribution is -0.274. The van der Waals surface area contributed by atoms with Crippen LogP contribution in [0.1, 0.15) is 18.9 Å². The van der Waals surface area contributed by atoms with E-state index in [1.807, 2.05) is 0 Å². The highest BCUT2D eigenvalue weighted by Gasteiger charge is 2.31. The van der Waals surface area contributed by atoms with E-state index in [-0.39, 0.29) is 11.5 Å². The lowest BCUT2D eigenvalue weighted by atomic mass is 10.1. The molecule has 26 heavy (non-hydrogen) atoms. The summed E-state index contributed by atoms with van der Waals surface area (Å²) >= 11 is 0. The van der Waals surface area contributed by atoms with Crippen LogP contribution in [0.25, 0.3) is 0 Å². The molecule has 2 aromatic rings. The molecule has 0 aliphatic rings. The second kappa shape index (κ2) is 7.77. The van der Waals surface area contributed by atoms with Crippen LogP contribution in [0.15, 0.2) is 53.4 Å². The summed E-state index contributed by atoms with van der Waals surface area (Å²) in [4.78, 5) is 10.5. The summed E-state index contributed by atoms with van der Waals surface area (Å²) in [5, 5.41) is 0. The molecule has 0 atom stereocenters. The molecule has 0 spiro atoms. The van der Waals surface area contributed by atoms with Crippen LogP contribution in [0.5, 0.6) is 11.5 Å². The Morgan fingerprint density at radius 2 is 1.69 bits per heavy atom. The molecule has 140 valence electrons. The molecule has 9 heteroatoms. The lowest BCUT2D eigenvalue weighted by Gasteiger charge is -2.11. The normalized spacial score (nSPS) is 11.8. The topological polar surface area (TPSA) is 69.7 Å². The average Bonchev–Trinajstić information content (AvgIpc) is 2.52. The van der Waals surface area contributed by atoms with Gasteiger partial charge >= 0.3 is 16.5 Å². The molecule has 0 saturated carbocycles. The first-order valence-corrected chi connectivity index (χ1v) is 8.85. The van der Waals surface area contributed by atoms with Crippen LogP contribution in [0, 0.1) is 0 Å². The number of alkyl halides is 3. The first-order valence-electron chi connectivity index (χ1n) is 7.44. The van der Waals surface area contributed by atoms with Crippen molar-refractivity contribution in [3.63, 3.8) is 0 Å². The number of hydrogen-bond donors (Lipinski definition) is 0. The molecule has 2 rings (SSSR count). The van der Waals surface area contributed by atoms with Gasteiger partial charge in [-0.05, 0) is 43.2 Å². The molecular weight excluding hydrogens is 373 g/mol. The number of ketones is 1. The fourth-order valence-corrected chi connectivity index (χ4v) is 3.00. The molecular formula is C17H15F3O5S. The highest BCUT2D eigenvalue weighted by Crippen LogP contribution is 2.26. The first kappa shape index (κ1) is 19.8. The minimum Gasteiger partial charge on any atom is -0.406 e. The third kappa shape index (κ3) is 6.07. The van der Waals surface area contributed by atoms with Crippen molar-refractivity contribution in [1.82, 2.24) is 0 Å². The van der Waals surface area contributed by atoms with E-state index in [9.17, 15) is 26.4 Å². The van der Waals surface area contributed by atoms with Gasteiger partial charge in [0.05, 0.1) is 0 Å². The van der Waals surface area contributed by atoms with Crippen molar-refractivity contribution in [2.45, 2.75) is 31.0 Å². The highest BCUT2D eigenvalue weighted by atomic mass is 32.2. The fourth-order valence-electron chi connectivity index (χ4n) is 2.03. The summed E-state index contributed by atoms with van der Waals surface area (Å²) in [5.74, 6) is -0.630. The molecule has 0 aromatic heterocycles. The highest BCUT2D eigenvalue weighted by molar-refractivity contribution is 7.87. The zero-order chi connectivity index (χ0) is 19.4. The van der Waals surface area contributed by atoms with Crippen molar-refractivity contribution in [3.05, 3.63) is 54.1 Å². The molecule has 0 radical (unpaired) electrons. The van der Waals surface area contributed by atoms with Gasteiger partial charge in [0.1, 0.15) is 22.2 Å². The van der Waals surface area contributed by atoms with Crippen LogP contribution in [0.4, 0.5) is 13.2 Å². The van der Waals surface area contributed by atoms with Crippen LogP contribution < -0.4 is 8.92 Å². The Labute approximate surface area is 148 Å². The van der Waals surface area contributed by atoms with Gasteiger partial charge in [-0.3, -0.25) is 0 Å². The molecule has 5 nitrogen and oxygen atoms in total. The predicted molar refractivity (Wildman–Crippen MR) is 86.4 cm³/mol. The zero-order valence-electron chi connectivity index (χ0n) is 13.6. The number of hydrogen-bond acceptors (Lipinski definition) is 5. The molecule has 0 N–H and O–H groups in total. The van der Waals surface area contributed by atoms with E-state index in [0.29, 0.717) is 12.8 Å². The average molecular weight is 388 g/mol. The van der Waals surface area contributed by atoms with Gasteiger partial charge < -0.3 is 13.7 Å². The van der Waals surface area contributed by atoms with E-state index in [1.165, 1.54) is 19.1 Å². The predicted octanol–water partition coefficient (Wildman–Crippen LogP) is 3.87. The van der Waals surface area contributed by atoms with Crippen molar-refractivity contribution in [3.8, 4) is 11.5 Å². The van der Waals surface area contributed by atoms with Crippen molar-refractivity contribution in [1.29, 1.82) is 0 Å². The Morgan fingerprint density at radius 1 is 1.04 bits per heavy atom. The Morgan fingerprint density at radius 3 is 2.27 bits per heavy atom. The number of carbonyl (C=O) groups excluding carboxylic acids is 1. The van der Waals surface area contributed by atoms with Crippen molar-refractivity contribution >= 4 is 15.9 Å². The Hall–Kier alpha value is -2.55. The Kier molecular flexibility index (Phi) is 5.91. The van der Waals surface area contributed by atoms with E-state index in [1.54, 1.807) is 12.1 Å². The molecule has 0 saturated heterocycles. The third-order valence-corrected chi connectivity index (χ3v) is 4.47. The Bertz CT molecular complexity index is 874. The number of ether oxygens (including phenoxy) is 1. The van der Waals surface area contributed by atoms with Gasteiger partial charge in [-0.15, -0.1) is 13.2 Å². The van der Waals surface area contributed by atoms with Gasteiger partial charge in [-0.25, -0.2) is 0 Å². The maximum Gasteiger partial charge on any atom is 0.573 e. The SMILES string of the molecule is CC(=O)CCc1ccc(OS(=O)(=O)c2cccc(OC(F)(F)F)c2)cc1. The third-order valence-electron chi connectivity index (χ3n) is 3.22. The zero-order valence-corrected chi connectivity index (χ0v) is 14.4. The maximum absolute atomic E-state index is 12.2. The molecule has 0 fully saturated rings. The second-order valence-corrected chi connectivity index (χ2v) is 6.95. The minimum absolute atomic E-state index is 0.00119. The lowest BCUT2D eigenvalue weighted by Crippen LogP contribution is -2.17. The Balaban J connectivity index is 2.13. The van der Waals surface area contributed by atoms with Gasteiger partial charge in [0.15, 0.2) is 0 Å². The maximum atomic E-state index is 12.2. The molecule has 0 aliphatic heterocycles. The van der Waals surface area contributed by atoms with Gasteiger partial charge in [0, 0.05) is 12.5 Å². The van der Waals surface area contributed by atoms with Crippen LogP contribution in [0.2, 0.25) is 0 Å². The van der Waals surface area contributed by atoms with Gasteiger partial charge in [0.25, 0.3) is 0 Å². The van der Waals surface area contributed by atoms with Gasteiger partial charge in [-0.1, -0.05) is 18.2 Å². The van der Waals surface area contributed by atoms with Crippen LogP contribution >= 0.6 is 0 Å². The quantitative estimate of drug-likeness (QED) is 0.674. The molecule has 0 amide bonds. The summed E-state index contributed by atoms with van der Waals surface area (Å²) in [6.45, 7) is 1.47. The number of aryl methyl sites for hydroxylation is 1. The van der Waals surface area contributed by atoms with E-state index >= 15 is 0 Å². The summed E-state index contributed by atoms with van der Waals surface area (Å²) in [7, 11) is -4.33. The summed E-state index contributed by atoms with van der Waals surface area (Å²) < 4.78 is 69.8. The van der Waals surface area contributed by atoms with Crippen molar-refractivity contribution < 1.29 is 35.3 Å². The van der Waals surface area contributed by atoms with E-state index in [0.717, 1.165) is 29.8 Å². The second-order valence-electron chi connectivity index (χ2n) is 5.41. The van der Waals surface area contributed by atoms with Gasteiger partial charge in [0.2, 0.25) is 0 Å². The van der Waals surface area contributed by atoms with E-state index in [4.69, 9.17) is 4.18 Å². The summed E-state index contributed by atoms with van der Waals surface area (Å²) in [6.07, 6.45) is -4.05. The number of carbonyl (C=O) groups is 1. The van der Waals surface area contributed by atoms with Crippen LogP contribution in [-0.4, -0.2) is 20.6 Å². The van der Waals surface area contributed by atoms with E-state index < -0.39 is 27.1 Å². The molecule has 0 heterocycles. The summed E-state index contributed by atoms with van der Waals surface area (Å²) in [6, 6.07) is 9.95. The van der Waals surface area contributed by atoms with Gasteiger partial charge in [-0.2, -0.15) is 8.42 Å². The smallest absolute Gasteiger partial charge is 0.406 e. The van der Waals surface area contributed by atoms with Crippen LogP contribution in [-0.2, 0) is 21.3 Å². The van der Waals surface area contributed by atoms with Crippen LogP contribution in [0.3, 0.4) is 0 Å². The molecule has 0 unspecified atom stereocenters.